The molecule has 0 aromatic heterocycles. The van der Waals surface area contributed by atoms with Gasteiger partial charge in [-0.25, -0.2) is 9.82 Å². The van der Waals surface area contributed by atoms with Crippen LogP contribution in [0, 0.1) is 5.82 Å². The number of hydrogen-bond acceptors (Lipinski definition) is 4. The minimum absolute atomic E-state index is 0.0630. The Balaban J connectivity index is 2.07. The van der Waals surface area contributed by atoms with Gasteiger partial charge in [0.15, 0.2) is 11.5 Å². The average molecular weight is 302 g/mol. The largest absolute Gasteiger partial charge is 0.493 e. The Morgan fingerprint density at radius 3 is 2.55 bits per heavy atom. The molecule has 5 nitrogen and oxygen atoms in total. The lowest BCUT2D eigenvalue weighted by Crippen LogP contribution is -2.18. The van der Waals surface area contributed by atoms with Crippen LogP contribution < -0.4 is 14.9 Å². The van der Waals surface area contributed by atoms with Crippen molar-refractivity contribution in [2.75, 3.05) is 14.2 Å². The minimum Gasteiger partial charge on any atom is -0.493 e. The maximum atomic E-state index is 13.4. The minimum atomic E-state index is -0.616. The fourth-order valence-electron chi connectivity index (χ4n) is 1.80. The predicted octanol–water partition coefficient (Wildman–Crippen LogP) is 2.61. The van der Waals surface area contributed by atoms with Crippen molar-refractivity contribution in [1.82, 2.24) is 5.43 Å². The molecule has 0 unspecified atom stereocenters. The number of carbonyl (C=O) groups excluding carboxylic acids is 1. The van der Waals surface area contributed by atoms with Crippen molar-refractivity contribution in [3.63, 3.8) is 0 Å². The van der Waals surface area contributed by atoms with Gasteiger partial charge in [0.25, 0.3) is 5.91 Å². The molecule has 22 heavy (non-hydrogen) atoms. The van der Waals surface area contributed by atoms with Crippen LogP contribution in [0.2, 0.25) is 0 Å². The van der Waals surface area contributed by atoms with E-state index in [9.17, 15) is 9.18 Å². The first-order chi connectivity index (χ1) is 10.7. The smallest absolute Gasteiger partial charge is 0.274 e. The van der Waals surface area contributed by atoms with E-state index in [4.69, 9.17) is 9.47 Å². The van der Waals surface area contributed by atoms with Gasteiger partial charge in [0, 0.05) is 0 Å². The fourth-order valence-corrected chi connectivity index (χ4v) is 1.80. The number of rotatable bonds is 5. The third-order valence-corrected chi connectivity index (χ3v) is 2.91. The molecule has 6 heteroatoms. The van der Waals surface area contributed by atoms with E-state index in [0.29, 0.717) is 17.1 Å². The highest BCUT2D eigenvalue weighted by molar-refractivity contribution is 5.95. The number of carbonyl (C=O) groups is 1. The standard InChI is InChI=1S/C16H15FN2O3/c1-21-14-8-7-11(9-15(14)22-2)10-18-19-16(20)12-5-3-4-6-13(12)17/h3-10H,1-2H3,(H,19,20)/b18-10-. The molecule has 1 N–H and O–H groups in total. The third-order valence-electron chi connectivity index (χ3n) is 2.91. The van der Waals surface area contributed by atoms with Crippen LogP contribution in [0.3, 0.4) is 0 Å². The van der Waals surface area contributed by atoms with Crippen LogP contribution in [0.4, 0.5) is 4.39 Å². The molecule has 0 aliphatic rings. The Kier molecular flexibility index (Phi) is 5.08. The number of halogens is 1. The maximum Gasteiger partial charge on any atom is 0.274 e. The quantitative estimate of drug-likeness (QED) is 0.682. The van der Waals surface area contributed by atoms with Gasteiger partial charge in [-0.3, -0.25) is 4.79 Å². The summed E-state index contributed by atoms with van der Waals surface area (Å²) in [6, 6.07) is 10.9. The van der Waals surface area contributed by atoms with Crippen LogP contribution in [0.1, 0.15) is 15.9 Å². The molecule has 0 spiro atoms. The second-order valence-electron chi connectivity index (χ2n) is 4.29. The lowest BCUT2D eigenvalue weighted by atomic mass is 10.2. The molecule has 0 bridgehead atoms. The molecule has 0 saturated heterocycles. The topological polar surface area (TPSA) is 59.9 Å². The molecule has 0 atom stereocenters. The van der Waals surface area contributed by atoms with Crippen LogP contribution in [0.15, 0.2) is 47.6 Å². The van der Waals surface area contributed by atoms with Crippen molar-refractivity contribution < 1.29 is 18.7 Å². The number of benzene rings is 2. The molecule has 0 saturated carbocycles. The molecule has 0 aliphatic heterocycles. The number of methoxy groups -OCH3 is 2. The fraction of sp³-hybridized carbons (Fsp3) is 0.125. The van der Waals surface area contributed by atoms with E-state index < -0.39 is 11.7 Å². The molecule has 0 radical (unpaired) electrons. The SMILES string of the molecule is COc1ccc(/C=N\NC(=O)c2ccccc2F)cc1OC. The highest BCUT2D eigenvalue weighted by atomic mass is 19.1. The summed E-state index contributed by atoms with van der Waals surface area (Å²) in [6.07, 6.45) is 1.43. The molecule has 1 amide bonds. The zero-order valence-corrected chi connectivity index (χ0v) is 12.2. The van der Waals surface area contributed by atoms with Crippen molar-refractivity contribution >= 4 is 12.1 Å². The van der Waals surface area contributed by atoms with Crippen LogP contribution in [-0.4, -0.2) is 26.3 Å². The summed E-state index contributed by atoms with van der Waals surface area (Å²) in [4.78, 5) is 11.8. The van der Waals surface area contributed by atoms with Gasteiger partial charge < -0.3 is 9.47 Å². The monoisotopic (exact) mass is 302 g/mol. The maximum absolute atomic E-state index is 13.4. The summed E-state index contributed by atoms with van der Waals surface area (Å²) in [7, 11) is 3.07. The predicted molar refractivity (Wildman–Crippen MR) is 81.0 cm³/mol. The highest BCUT2D eigenvalue weighted by Gasteiger charge is 2.09. The van der Waals surface area contributed by atoms with E-state index in [1.165, 1.54) is 31.5 Å². The first-order valence-corrected chi connectivity index (χ1v) is 6.45. The van der Waals surface area contributed by atoms with E-state index in [1.54, 1.807) is 31.4 Å². The lowest BCUT2D eigenvalue weighted by Gasteiger charge is -2.07. The van der Waals surface area contributed by atoms with Gasteiger partial charge in [0.05, 0.1) is 26.0 Å². The van der Waals surface area contributed by atoms with Gasteiger partial charge in [0.1, 0.15) is 5.82 Å². The molecule has 2 rings (SSSR count). The van der Waals surface area contributed by atoms with Crippen molar-refractivity contribution in [1.29, 1.82) is 0 Å². The Morgan fingerprint density at radius 1 is 1.14 bits per heavy atom. The number of amides is 1. The Morgan fingerprint density at radius 2 is 1.86 bits per heavy atom. The van der Waals surface area contributed by atoms with E-state index in [-0.39, 0.29) is 5.56 Å². The zero-order chi connectivity index (χ0) is 15.9. The van der Waals surface area contributed by atoms with E-state index in [1.807, 2.05) is 0 Å². The van der Waals surface area contributed by atoms with E-state index in [0.717, 1.165) is 0 Å². The number of nitrogens with zero attached hydrogens (tertiary/aromatic N) is 1. The molecule has 0 aliphatic carbocycles. The van der Waals surface area contributed by atoms with Gasteiger partial charge in [-0.1, -0.05) is 12.1 Å². The summed E-state index contributed by atoms with van der Waals surface area (Å²) in [5.74, 6) is -0.0712. The van der Waals surface area contributed by atoms with E-state index in [2.05, 4.69) is 10.5 Å². The van der Waals surface area contributed by atoms with Gasteiger partial charge in [-0.15, -0.1) is 0 Å². The highest BCUT2D eigenvalue weighted by Crippen LogP contribution is 2.26. The molecule has 2 aromatic rings. The first kappa shape index (κ1) is 15.5. The van der Waals surface area contributed by atoms with Crippen LogP contribution in [0.5, 0.6) is 11.5 Å². The second-order valence-corrected chi connectivity index (χ2v) is 4.29. The normalized spacial score (nSPS) is 10.5. The Bertz CT molecular complexity index is 702. The lowest BCUT2D eigenvalue weighted by molar-refractivity contribution is 0.0951. The van der Waals surface area contributed by atoms with Gasteiger partial charge >= 0.3 is 0 Å². The van der Waals surface area contributed by atoms with Gasteiger partial charge in [0.2, 0.25) is 0 Å². The molecular weight excluding hydrogens is 287 g/mol. The summed E-state index contributed by atoms with van der Waals surface area (Å²) in [5.41, 5.74) is 2.91. The average Bonchev–Trinajstić information content (AvgIpc) is 2.55. The van der Waals surface area contributed by atoms with Gasteiger partial charge in [-0.05, 0) is 35.9 Å². The van der Waals surface area contributed by atoms with Gasteiger partial charge in [-0.2, -0.15) is 5.10 Å². The first-order valence-electron chi connectivity index (χ1n) is 6.45. The van der Waals surface area contributed by atoms with Crippen LogP contribution >= 0.6 is 0 Å². The number of hydrazone groups is 1. The van der Waals surface area contributed by atoms with E-state index >= 15 is 0 Å². The molecular formula is C16H15FN2O3. The Labute approximate surface area is 127 Å². The molecule has 114 valence electrons. The summed E-state index contributed by atoms with van der Waals surface area (Å²) < 4.78 is 23.7. The summed E-state index contributed by atoms with van der Waals surface area (Å²) >= 11 is 0. The summed E-state index contributed by atoms with van der Waals surface area (Å²) in [6.45, 7) is 0. The zero-order valence-electron chi connectivity index (χ0n) is 12.2. The number of hydrogen-bond donors (Lipinski definition) is 1. The number of ether oxygens (including phenoxy) is 2. The van der Waals surface area contributed by atoms with Crippen molar-refractivity contribution in [3.8, 4) is 11.5 Å². The van der Waals surface area contributed by atoms with Crippen LogP contribution in [0.25, 0.3) is 0 Å². The van der Waals surface area contributed by atoms with Crippen molar-refractivity contribution in [3.05, 3.63) is 59.4 Å². The van der Waals surface area contributed by atoms with Crippen molar-refractivity contribution in [2.45, 2.75) is 0 Å². The number of nitrogens with one attached hydrogen (secondary N) is 1. The second kappa shape index (κ2) is 7.21. The molecule has 2 aromatic carbocycles. The van der Waals surface area contributed by atoms with Crippen LogP contribution in [-0.2, 0) is 0 Å². The molecule has 0 fully saturated rings. The Hall–Kier alpha value is -2.89. The third kappa shape index (κ3) is 3.60. The van der Waals surface area contributed by atoms with Crippen molar-refractivity contribution in [2.24, 2.45) is 5.10 Å². The summed E-state index contributed by atoms with van der Waals surface area (Å²) in [5, 5.41) is 3.80. The molecule has 0 heterocycles.